The topological polar surface area (TPSA) is 39.1 Å². The molecule has 0 radical (unpaired) electrons. The van der Waals surface area contributed by atoms with Crippen molar-refractivity contribution in [3.8, 4) is 6.07 Å². The fourth-order valence-corrected chi connectivity index (χ4v) is 2.43. The first kappa shape index (κ1) is 12.9. The molecule has 1 aromatic rings. The van der Waals surface area contributed by atoms with Gasteiger partial charge in [-0.3, -0.25) is 0 Å². The van der Waals surface area contributed by atoms with Crippen molar-refractivity contribution in [3.05, 3.63) is 29.3 Å². The molecule has 0 amide bonds. The average molecular weight is 243 g/mol. The van der Waals surface area contributed by atoms with Gasteiger partial charge in [0.15, 0.2) is 0 Å². The third kappa shape index (κ3) is 3.02. The Morgan fingerprint density at radius 1 is 1.50 bits per heavy atom. The molecule has 0 spiro atoms. The summed E-state index contributed by atoms with van der Waals surface area (Å²) in [5.74, 6) is 0.0776. The van der Waals surface area contributed by atoms with Gasteiger partial charge in [0.2, 0.25) is 0 Å². The molecule has 3 heteroatoms. The predicted molar refractivity (Wildman–Crippen MR) is 74.5 cm³/mol. The van der Waals surface area contributed by atoms with Gasteiger partial charge in [-0.15, -0.1) is 0 Å². The van der Waals surface area contributed by atoms with Crippen molar-refractivity contribution in [2.75, 3.05) is 25.0 Å². The molecule has 0 aliphatic carbocycles. The molecule has 1 aromatic carbocycles. The van der Waals surface area contributed by atoms with Gasteiger partial charge in [-0.25, -0.2) is 0 Å². The van der Waals surface area contributed by atoms with Crippen molar-refractivity contribution in [3.63, 3.8) is 0 Å². The maximum atomic E-state index is 8.72. The van der Waals surface area contributed by atoms with Gasteiger partial charge in [0, 0.05) is 32.4 Å². The van der Waals surface area contributed by atoms with Crippen LogP contribution in [0.25, 0.3) is 0 Å². The van der Waals surface area contributed by atoms with Crippen LogP contribution in [0.3, 0.4) is 0 Å². The first-order valence-corrected chi connectivity index (χ1v) is 6.64. The number of aryl methyl sites for hydroxylation is 1. The quantitative estimate of drug-likeness (QED) is 0.882. The second-order valence-electron chi connectivity index (χ2n) is 5.15. The summed E-state index contributed by atoms with van der Waals surface area (Å²) in [6, 6.07) is 8.95. The molecule has 3 nitrogen and oxygen atoms in total. The lowest BCUT2D eigenvalue weighted by Crippen LogP contribution is -2.25. The highest BCUT2D eigenvalue weighted by molar-refractivity contribution is 5.56. The van der Waals surface area contributed by atoms with Gasteiger partial charge in [-0.05, 0) is 37.0 Å². The highest BCUT2D eigenvalue weighted by Crippen LogP contribution is 2.26. The number of benzene rings is 1. The first-order valence-electron chi connectivity index (χ1n) is 6.64. The molecule has 0 bridgehead atoms. The van der Waals surface area contributed by atoms with Crippen LogP contribution in [0.1, 0.15) is 24.5 Å². The molecule has 18 heavy (non-hydrogen) atoms. The number of fused-ring (bicyclic) bond motifs is 1. The molecule has 2 rings (SSSR count). The summed E-state index contributed by atoms with van der Waals surface area (Å²) in [6.45, 7) is 4.70. The van der Waals surface area contributed by atoms with Gasteiger partial charge in [0.05, 0.1) is 12.0 Å². The minimum atomic E-state index is 0.0776. The van der Waals surface area contributed by atoms with E-state index >= 15 is 0 Å². The standard InChI is InChI=1S/C15H21N3/c1-12(9-16)10-17-11-13-5-6-15-14(8-13)4-3-7-18(15)2/h5-6,8,12,17H,3-4,7,10-11H2,1-2H3. The predicted octanol–water partition coefficient (Wildman–Crippen LogP) is 2.32. The molecular formula is C15H21N3. The molecule has 1 aliphatic heterocycles. The molecule has 1 unspecified atom stereocenters. The van der Waals surface area contributed by atoms with E-state index in [2.05, 4.69) is 41.5 Å². The van der Waals surface area contributed by atoms with Crippen molar-refractivity contribution in [2.24, 2.45) is 5.92 Å². The molecule has 1 aliphatic rings. The summed E-state index contributed by atoms with van der Waals surface area (Å²) in [5, 5.41) is 12.1. The van der Waals surface area contributed by atoms with Gasteiger partial charge in [0.25, 0.3) is 0 Å². The van der Waals surface area contributed by atoms with Crippen molar-refractivity contribution < 1.29 is 0 Å². The Kier molecular flexibility index (Phi) is 4.22. The van der Waals surface area contributed by atoms with Crippen LogP contribution < -0.4 is 10.2 Å². The van der Waals surface area contributed by atoms with Gasteiger partial charge in [0.1, 0.15) is 0 Å². The zero-order chi connectivity index (χ0) is 13.0. The largest absolute Gasteiger partial charge is 0.374 e. The molecule has 1 heterocycles. The van der Waals surface area contributed by atoms with E-state index in [-0.39, 0.29) is 5.92 Å². The van der Waals surface area contributed by atoms with Gasteiger partial charge in [-0.1, -0.05) is 12.1 Å². The van der Waals surface area contributed by atoms with Gasteiger partial charge >= 0.3 is 0 Å². The molecule has 1 atom stereocenters. The highest BCUT2D eigenvalue weighted by atomic mass is 15.1. The third-order valence-corrected chi connectivity index (χ3v) is 3.49. The van der Waals surface area contributed by atoms with E-state index < -0.39 is 0 Å². The Hall–Kier alpha value is -1.53. The van der Waals surface area contributed by atoms with Crippen LogP contribution in [0, 0.1) is 17.2 Å². The molecule has 0 fully saturated rings. The lowest BCUT2D eigenvalue weighted by atomic mass is 9.99. The molecule has 0 aromatic heterocycles. The third-order valence-electron chi connectivity index (χ3n) is 3.49. The van der Waals surface area contributed by atoms with Gasteiger partial charge < -0.3 is 10.2 Å². The van der Waals surface area contributed by atoms with E-state index in [1.165, 1.54) is 29.7 Å². The number of anilines is 1. The summed E-state index contributed by atoms with van der Waals surface area (Å²) < 4.78 is 0. The lowest BCUT2D eigenvalue weighted by Gasteiger charge is -2.27. The number of nitrogens with zero attached hydrogens (tertiary/aromatic N) is 2. The SMILES string of the molecule is CC(C#N)CNCc1ccc2c(c1)CCCN2C. The number of nitriles is 1. The molecule has 1 N–H and O–H groups in total. The minimum absolute atomic E-state index is 0.0776. The normalized spacial score (nSPS) is 15.9. The van der Waals surface area contributed by atoms with Crippen LogP contribution in [-0.4, -0.2) is 20.1 Å². The number of hydrogen-bond donors (Lipinski definition) is 1. The van der Waals surface area contributed by atoms with Crippen LogP contribution in [0.15, 0.2) is 18.2 Å². The zero-order valence-corrected chi connectivity index (χ0v) is 11.2. The Bertz CT molecular complexity index is 448. The van der Waals surface area contributed by atoms with Crippen LogP contribution in [0.4, 0.5) is 5.69 Å². The van der Waals surface area contributed by atoms with E-state index in [0.29, 0.717) is 0 Å². The number of hydrogen-bond acceptors (Lipinski definition) is 3. The smallest absolute Gasteiger partial charge is 0.0666 e. The monoisotopic (exact) mass is 243 g/mol. The van der Waals surface area contributed by atoms with E-state index in [9.17, 15) is 0 Å². The van der Waals surface area contributed by atoms with E-state index in [0.717, 1.165) is 19.6 Å². The Morgan fingerprint density at radius 2 is 2.33 bits per heavy atom. The average Bonchev–Trinajstić information content (AvgIpc) is 2.38. The molecule has 0 saturated heterocycles. The first-order chi connectivity index (χ1) is 8.70. The zero-order valence-electron chi connectivity index (χ0n) is 11.2. The van der Waals surface area contributed by atoms with Crippen molar-refractivity contribution >= 4 is 5.69 Å². The maximum Gasteiger partial charge on any atom is 0.0666 e. The second kappa shape index (κ2) is 5.88. The summed E-state index contributed by atoms with van der Waals surface area (Å²) in [4.78, 5) is 2.33. The summed E-state index contributed by atoms with van der Waals surface area (Å²) >= 11 is 0. The van der Waals surface area contributed by atoms with Crippen molar-refractivity contribution in [2.45, 2.75) is 26.3 Å². The van der Waals surface area contributed by atoms with Crippen LogP contribution in [0.2, 0.25) is 0 Å². The van der Waals surface area contributed by atoms with Crippen molar-refractivity contribution in [1.29, 1.82) is 5.26 Å². The summed E-state index contributed by atoms with van der Waals surface area (Å²) in [6.07, 6.45) is 2.42. The van der Waals surface area contributed by atoms with Crippen molar-refractivity contribution in [1.82, 2.24) is 5.32 Å². The highest BCUT2D eigenvalue weighted by Gasteiger charge is 2.13. The van der Waals surface area contributed by atoms with Crippen LogP contribution >= 0.6 is 0 Å². The summed E-state index contributed by atoms with van der Waals surface area (Å²) in [5.41, 5.74) is 4.14. The number of nitrogens with one attached hydrogen (secondary N) is 1. The molecular weight excluding hydrogens is 222 g/mol. The van der Waals surface area contributed by atoms with Crippen LogP contribution in [0.5, 0.6) is 0 Å². The fourth-order valence-electron chi connectivity index (χ4n) is 2.43. The summed E-state index contributed by atoms with van der Waals surface area (Å²) in [7, 11) is 2.16. The Balaban J connectivity index is 1.97. The van der Waals surface area contributed by atoms with E-state index in [1.54, 1.807) is 0 Å². The lowest BCUT2D eigenvalue weighted by molar-refractivity contribution is 0.601. The minimum Gasteiger partial charge on any atom is -0.374 e. The second-order valence-corrected chi connectivity index (χ2v) is 5.15. The molecule has 96 valence electrons. The molecule has 0 saturated carbocycles. The van der Waals surface area contributed by atoms with Gasteiger partial charge in [-0.2, -0.15) is 5.26 Å². The van der Waals surface area contributed by atoms with Crippen LogP contribution in [-0.2, 0) is 13.0 Å². The Morgan fingerprint density at radius 3 is 3.11 bits per heavy atom. The number of rotatable bonds is 4. The maximum absolute atomic E-state index is 8.72. The van der Waals surface area contributed by atoms with E-state index in [4.69, 9.17) is 5.26 Å². The Labute approximate surface area is 109 Å². The fraction of sp³-hybridized carbons (Fsp3) is 0.533. The van der Waals surface area contributed by atoms with E-state index in [1.807, 2.05) is 6.92 Å².